The molecule has 0 radical (unpaired) electrons. The lowest BCUT2D eigenvalue weighted by atomic mass is 10.1. The number of aryl methyl sites for hydroxylation is 1. The second-order valence-corrected chi connectivity index (χ2v) is 5.12. The van der Waals surface area contributed by atoms with Gasteiger partial charge in [-0.3, -0.25) is 0 Å². The topological polar surface area (TPSA) is 26.0 Å². The molecule has 0 aliphatic rings. The minimum atomic E-state index is 0.625. The zero-order chi connectivity index (χ0) is 12.3. The third-order valence-electron chi connectivity index (χ3n) is 2.50. The van der Waals surface area contributed by atoms with Crippen molar-refractivity contribution in [2.75, 3.05) is 0 Å². The van der Waals surface area contributed by atoms with Crippen LogP contribution in [-0.4, -0.2) is 4.98 Å². The molecule has 4 heteroatoms. The summed E-state index contributed by atoms with van der Waals surface area (Å²) >= 11 is 6.75. The molecule has 0 aliphatic heterocycles. The van der Waals surface area contributed by atoms with Gasteiger partial charge in [-0.2, -0.15) is 0 Å². The first-order chi connectivity index (χ1) is 8.24. The molecule has 90 valence electrons. The molecule has 0 fully saturated rings. The molecule has 0 saturated carbocycles. The normalized spacial score (nSPS) is 10.8. The quantitative estimate of drug-likeness (QED) is 0.722. The van der Waals surface area contributed by atoms with E-state index in [1.165, 1.54) is 12.0 Å². The van der Waals surface area contributed by atoms with Crippen LogP contribution in [0.4, 0.5) is 0 Å². The van der Waals surface area contributed by atoms with Gasteiger partial charge in [-0.15, -0.1) is 0 Å². The number of halogens is 2. The highest BCUT2D eigenvalue weighted by Gasteiger charge is 2.11. The van der Waals surface area contributed by atoms with Crippen LogP contribution in [0.1, 0.15) is 24.8 Å². The molecule has 1 aromatic heterocycles. The van der Waals surface area contributed by atoms with Crippen molar-refractivity contribution in [3.8, 4) is 11.3 Å². The summed E-state index contributed by atoms with van der Waals surface area (Å²) in [5.74, 6) is 1.48. The van der Waals surface area contributed by atoms with Crippen molar-refractivity contribution in [3.05, 3.63) is 40.3 Å². The lowest BCUT2D eigenvalue weighted by molar-refractivity contribution is 0.531. The highest BCUT2D eigenvalue weighted by Crippen LogP contribution is 2.29. The van der Waals surface area contributed by atoms with E-state index in [1.54, 1.807) is 0 Å². The molecule has 0 bridgehead atoms. The first kappa shape index (κ1) is 12.8. The number of rotatable bonds is 4. The Morgan fingerprint density at radius 3 is 2.47 bits per heavy atom. The van der Waals surface area contributed by atoms with E-state index in [2.05, 4.69) is 68.0 Å². The number of hydrogen-bond donors (Lipinski definition) is 0. The number of oxazole rings is 1. The second kappa shape index (κ2) is 5.83. The lowest BCUT2D eigenvalue weighted by Crippen LogP contribution is -1.83. The molecular formula is C13H13Br2NO. The monoisotopic (exact) mass is 357 g/mol. The molecule has 0 aliphatic carbocycles. The van der Waals surface area contributed by atoms with Gasteiger partial charge in [-0.05, 0) is 27.9 Å². The predicted octanol–water partition coefficient (Wildman–Crippen LogP) is 4.95. The van der Waals surface area contributed by atoms with Crippen LogP contribution >= 0.6 is 31.9 Å². The molecule has 2 aromatic rings. The van der Waals surface area contributed by atoms with Crippen LogP contribution in [0.15, 0.2) is 33.3 Å². The average molecular weight is 359 g/mol. The minimum Gasteiger partial charge on any atom is -0.439 e. The third-order valence-corrected chi connectivity index (χ3v) is 3.52. The van der Waals surface area contributed by atoms with E-state index in [4.69, 9.17) is 4.42 Å². The average Bonchev–Trinajstić information content (AvgIpc) is 2.72. The van der Waals surface area contributed by atoms with E-state index >= 15 is 0 Å². The summed E-state index contributed by atoms with van der Waals surface area (Å²) in [7, 11) is 0. The predicted molar refractivity (Wildman–Crippen MR) is 76.3 cm³/mol. The fraction of sp³-hybridized carbons (Fsp3) is 0.308. The second-order valence-electron chi connectivity index (χ2n) is 3.81. The number of hydrogen-bond acceptors (Lipinski definition) is 2. The summed E-state index contributed by atoms with van der Waals surface area (Å²) in [6.07, 6.45) is 2.28. The maximum Gasteiger partial charge on any atom is 0.206 e. The van der Waals surface area contributed by atoms with E-state index in [-0.39, 0.29) is 0 Å². The lowest BCUT2D eigenvalue weighted by Gasteiger charge is -2.00. The van der Waals surface area contributed by atoms with Gasteiger partial charge in [0.1, 0.15) is 0 Å². The Hall–Kier alpha value is -0.610. The Bertz CT molecular complexity index is 491. The molecule has 0 unspecified atom stereocenters. The third kappa shape index (κ3) is 2.99. The highest BCUT2D eigenvalue weighted by molar-refractivity contribution is 9.10. The molecule has 0 amide bonds. The fourth-order valence-corrected chi connectivity index (χ4v) is 2.44. The summed E-state index contributed by atoms with van der Waals surface area (Å²) in [5.41, 5.74) is 2.41. The maximum atomic E-state index is 5.64. The van der Waals surface area contributed by atoms with Gasteiger partial charge in [0.05, 0.1) is 5.33 Å². The van der Waals surface area contributed by atoms with Gasteiger partial charge in [-0.1, -0.05) is 53.5 Å². The SMILES string of the molecule is CCCc1ccc(-c2oc(CBr)nc2Br)cc1. The van der Waals surface area contributed by atoms with E-state index in [1.807, 2.05) is 0 Å². The van der Waals surface area contributed by atoms with Crippen molar-refractivity contribution in [1.82, 2.24) is 4.98 Å². The van der Waals surface area contributed by atoms with E-state index in [0.29, 0.717) is 11.2 Å². The van der Waals surface area contributed by atoms with Crippen LogP contribution in [0.3, 0.4) is 0 Å². The Balaban J connectivity index is 2.29. The molecule has 2 rings (SSSR count). The molecule has 0 spiro atoms. The van der Waals surface area contributed by atoms with Gasteiger partial charge in [0.25, 0.3) is 0 Å². The van der Waals surface area contributed by atoms with Crippen LogP contribution in [0.5, 0.6) is 0 Å². The molecule has 0 saturated heterocycles. The molecule has 2 nitrogen and oxygen atoms in total. The van der Waals surface area contributed by atoms with Crippen molar-refractivity contribution in [2.24, 2.45) is 0 Å². The van der Waals surface area contributed by atoms with Crippen LogP contribution < -0.4 is 0 Å². The standard InChI is InChI=1S/C13H13Br2NO/c1-2-3-9-4-6-10(7-5-9)12-13(15)16-11(8-14)17-12/h4-7H,2-3,8H2,1H3. The summed E-state index contributed by atoms with van der Waals surface area (Å²) in [5, 5.41) is 0.625. The minimum absolute atomic E-state index is 0.625. The first-order valence-corrected chi connectivity index (χ1v) is 7.46. The maximum absolute atomic E-state index is 5.64. The van der Waals surface area contributed by atoms with E-state index < -0.39 is 0 Å². The van der Waals surface area contributed by atoms with Crippen LogP contribution in [0.25, 0.3) is 11.3 Å². The Kier molecular flexibility index (Phi) is 4.40. The molecule has 1 aromatic carbocycles. The van der Waals surface area contributed by atoms with Crippen LogP contribution in [-0.2, 0) is 11.8 Å². The first-order valence-electron chi connectivity index (χ1n) is 5.55. The summed E-state index contributed by atoms with van der Waals surface area (Å²) in [6, 6.07) is 8.44. The Morgan fingerprint density at radius 1 is 1.24 bits per heavy atom. The fourth-order valence-electron chi connectivity index (χ4n) is 1.69. The molecule has 17 heavy (non-hydrogen) atoms. The van der Waals surface area contributed by atoms with Gasteiger partial charge in [0.2, 0.25) is 5.89 Å². The molecule has 1 heterocycles. The number of benzene rings is 1. The van der Waals surface area contributed by atoms with Gasteiger partial charge in [0, 0.05) is 5.56 Å². The van der Waals surface area contributed by atoms with Crippen molar-refractivity contribution in [1.29, 1.82) is 0 Å². The van der Waals surface area contributed by atoms with E-state index in [9.17, 15) is 0 Å². The number of aromatic nitrogens is 1. The van der Waals surface area contributed by atoms with Gasteiger partial charge < -0.3 is 4.42 Å². The van der Waals surface area contributed by atoms with Gasteiger partial charge in [-0.25, -0.2) is 4.98 Å². The van der Waals surface area contributed by atoms with Crippen molar-refractivity contribution >= 4 is 31.9 Å². The van der Waals surface area contributed by atoms with Gasteiger partial charge in [0.15, 0.2) is 10.4 Å². The van der Waals surface area contributed by atoms with Crippen LogP contribution in [0, 0.1) is 0 Å². The Labute approximate surface area is 118 Å². The van der Waals surface area contributed by atoms with Crippen molar-refractivity contribution < 1.29 is 4.42 Å². The zero-order valence-electron chi connectivity index (χ0n) is 9.54. The smallest absolute Gasteiger partial charge is 0.206 e. The van der Waals surface area contributed by atoms with Crippen LogP contribution in [0.2, 0.25) is 0 Å². The largest absolute Gasteiger partial charge is 0.439 e. The summed E-state index contributed by atoms with van der Waals surface area (Å²) in [4.78, 5) is 4.27. The Morgan fingerprint density at radius 2 is 1.94 bits per heavy atom. The highest BCUT2D eigenvalue weighted by atomic mass is 79.9. The number of nitrogens with zero attached hydrogens (tertiary/aromatic N) is 1. The van der Waals surface area contributed by atoms with Crippen molar-refractivity contribution in [3.63, 3.8) is 0 Å². The molecular weight excluding hydrogens is 346 g/mol. The van der Waals surface area contributed by atoms with E-state index in [0.717, 1.165) is 22.3 Å². The molecule has 0 atom stereocenters. The summed E-state index contributed by atoms with van der Waals surface area (Å²) in [6.45, 7) is 2.18. The number of alkyl halides is 1. The molecule has 0 N–H and O–H groups in total. The van der Waals surface area contributed by atoms with Gasteiger partial charge >= 0.3 is 0 Å². The zero-order valence-corrected chi connectivity index (χ0v) is 12.7. The van der Waals surface area contributed by atoms with Crippen molar-refractivity contribution in [2.45, 2.75) is 25.1 Å². The summed E-state index contributed by atoms with van der Waals surface area (Å²) < 4.78 is 6.40.